The van der Waals surface area contributed by atoms with Gasteiger partial charge in [0.05, 0.1) is 7.11 Å². The van der Waals surface area contributed by atoms with Gasteiger partial charge in [-0.05, 0) is 25.1 Å². The second kappa shape index (κ2) is 9.37. The number of carbonyl (C=O) groups is 1. The van der Waals surface area contributed by atoms with Crippen molar-refractivity contribution in [3.63, 3.8) is 0 Å². The first kappa shape index (κ1) is 17.6. The van der Waals surface area contributed by atoms with Crippen molar-refractivity contribution in [1.29, 1.82) is 0 Å². The maximum absolute atomic E-state index is 10.5. The molecule has 6 heteroatoms. The second-order valence-corrected chi connectivity index (χ2v) is 5.71. The van der Waals surface area contributed by atoms with E-state index in [-0.39, 0.29) is 6.42 Å². The minimum absolute atomic E-state index is 0.259. The van der Waals surface area contributed by atoms with Crippen LogP contribution < -0.4 is 9.47 Å². The fraction of sp³-hybridized carbons (Fsp3) is 0.588. The third-order valence-corrected chi connectivity index (χ3v) is 4.05. The van der Waals surface area contributed by atoms with Crippen molar-refractivity contribution in [3.8, 4) is 11.5 Å². The Labute approximate surface area is 137 Å². The van der Waals surface area contributed by atoms with Crippen LogP contribution in [0.1, 0.15) is 12.8 Å². The van der Waals surface area contributed by atoms with Gasteiger partial charge in [-0.3, -0.25) is 9.69 Å². The Balaban J connectivity index is 1.60. The molecule has 1 N–H and O–H groups in total. The van der Waals surface area contributed by atoms with E-state index >= 15 is 0 Å². The van der Waals surface area contributed by atoms with Crippen LogP contribution in [0, 0.1) is 0 Å². The van der Waals surface area contributed by atoms with Crippen molar-refractivity contribution >= 4 is 5.97 Å². The van der Waals surface area contributed by atoms with Gasteiger partial charge in [0, 0.05) is 45.2 Å². The summed E-state index contributed by atoms with van der Waals surface area (Å²) in [7, 11) is 1.65. The lowest BCUT2D eigenvalue weighted by Crippen LogP contribution is -2.47. The average Bonchev–Trinajstić information content (AvgIpc) is 2.56. The van der Waals surface area contributed by atoms with E-state index < -0.39 is 5.97 Å². The van der Waals surface area contributed by atoms with E-state index in [0.29, 0.717) is 6.61 Å². The lowest BCUT2D eigenvalue weighted by molar-refractivity contribution is -0.137. The number of carboxylic acids is 1. The zero-order valence-electron chi connectivity index (χ0n) is 13.7. The lowest BCUT2D eigenvalue weighted by atomic mass is 10.2. The third kappa shape index (κ3) is 6.46. The Kier molecular flexibility index (Phi) is 7.16. The van der Waals surface area contributed by atoms with Crippen LogP contribution >= 0.6 is 0 Å². The predicted octanol–water partition coefficient (Wildman–Crippen LogP) is 1.56. The number of rotatable bonds is 9. The van der Waals surface area contributed by atoms with Crippen LogP contribution in [0.3, 0.4) is 0 Å². The molecule has 1 aromatic rings. The zero-order valence-corrected chi connectivity index (χ0v) is 13.7. The zero-order chi connectivity index (χ0) is 16.5. The first-order valence-electron chi connectivity index (χ1n) is 8.11. The molecular weight excluding hydrogens is 296 g/mol. The predicted molar refractivity (Wildman–Crippen MR) is 88.2 cm³/mol. The summed E-state index contributed by atoms with van der Waals surface area (Å²) in [6.07, 6.45) is 0.989. The number of methoxy groups -OCH3 is 1. The lowest BCUT2D eigenvalue weighted by Gasteiger charge is -2.34. The molecule has 0 atom stereocenters. The maximum Gasteiger partial charge on any atom is 0.303 e. The summed E-state index contributed by atoms with van der Waals surface area (Å²) >= 11 is 0. The normalized spacial score (nSPS) is 16.2. The molecule has 1 fully saturated rings. The highest BCUT2D eigenvalue weighted by Gasteiger charge is 2.16. The van der Waals surface area contributed by atoms with Crippen LogP contribution in [-0.4, -0.2) is 73.9 Å². The number of hydrogen-bond acceptors (Lipinski definition) is 5. The quantitative estimate of drug-likeness (QED) is 0.744. The number of piperazine rings is 1. The van der Waals surface area contributed by atoms with Gasteiger partial charge in [-0.1, -0.05) is 6.07 Å². The van der Waals surface area contributed by atoms with Crippen molar-refractivity contribution in [2.75, 3.05) is 53.0 Å². The molecule has 6 nitrogen and oxygen atoms in total. The Morgan fingerprint density at radius 1 is 1.13 bits per heavy atom. The van der Waals surface area contributed by atoms with E-state index in [1.165, 1.54) is 0 Å². The van der Waals surface area contributed by atoms with Gasteiger partial charge in [-0.15, -0.1) is 0 Å². The van der Waals surface area contributed by atoms with Gasteiger partial charge in [0.1, 0.15) is 18.1 Å². The fourth-order valence-corrected chi connectivity index (χ4v) is 2.67. The standard InChI is InChI=1S/C17H26N2O4/c1-22-15-4-2-5-16(14-15)23-13-12-19-10-8-18(9-11-19)7-3-6-17(20)21/h2,4-5,14H,3,6-13H2,1H3,(H,20,21). The van der Waals surface area contributed by atoms with E-state index in [0.717, 1.165) is 57.2 Å². The van der Waals surface area contributed by atoms with Crippen LogP contribution in [0.5, 0.6) is 11.5 Å². The third-order valence-electron chi connectivity index (χ3n) is 4.05. The molecule has 0 amide bonds. The number of ether oxygens (including phenoxy) is 2. The molecular formula is C17H26N2O4. The van der Waals surface area contributed by atoms with Crippen molar-refractivity contribution in [3.05, 3.63) is 24.3 Å². The minimum atomic E-state index is -0.710. The number of aliphatic carboxylic acids is 1. The van der Waals surface area contributed by atoms with Crippen molar-refractivity contribution < 1.29 is 19.4 Å². The molecule has 0 saturated carbocycles. The molecule has 0 unspecified atom stereocenters. The van der Waals surface area contributed by atoms with Gasteiger partial charge in [0.2, 0.25) is 0 Å². The first-order valence-corrected chi connectivity index (χ1v) is 8.11. The Bertz CT molecular complexity index is 487. The average molecular weight is 322 g/mol. The molecule has 0 spiro atoms. The van der Waals surface area contributed by atoms with Crippen LogP contribution in [0.15, 0.2) is 24.3 Å². The van der Waals surface area contributed by atoms with Gasteiger partial charge < -0.3 is 19.5 Å². The summed E-state index contributed by atoms with van der Waals surface area (Å²) in [5.74, 6) is 0.924. The van der Waals surface area contributed by atoms with Crippen LogP contribution in [0.4, 0.5) is 0 Å². The van der Waals surface area contributed by atoms with E-state index in [1.807, 2.05) is 24.3 Å². The van der Waals surface area contributed by atoms with Crippen molar-refractivity contribution in [2.24, 2.45) is 0 Å². The molecule has 128 valence electrons. The molecule has 0 aliphatic carbocycles. The largest absolute Gasteiger partial charge is 0.497 e. The van der Waals surface area contributed by atoms with Crippen molar-refractivity contribution in [2.45, 2.75) is 12.8 Å². The number of nitrogens with zero attached hydrogens (tertiary/aromatic N) is 2. The Morgan fingerprint density at radius 3 is 2.43 bits per heavy atom. The molecule has 1 aromatic carbocycles. The highest BCUT2D eigenvalue weighted by molar-refractivity contribution is 5.66. The molecule has 0 bridgehead atoms. The molecule has 1 aliphatic heterocycles. The summed E-state index contributed by atoms with van der Waals surface area (Å²) in [6.45, 7) is 6.45. The molecule has 1 saturated heterocycles. The summed E-state index contributed by atoms with van der Waals surface area (Å²) in [4.78, 5) is 15.2. The van der Waals surface area contributed by atoms with Gasteiger partial charge >= 0.3 is 5.97 Å². The highest BCUT2D eigenvalue weighted by Crippen LogP contribution is 2.18. The molecule has 1 heterocycles. The molecule has 0 radical (unpaired) electrons. The van der Waals surface area contributed by atoms with Gasteiger partial charge in [0.15, 0.2) is 0 Å². The van der Waals surface area contributed by atoms with Crippen molar-refractivity contribution in [1.82, 2.24) is 9.80 Å². The molecule has 0 aromatic heterocycles. The van der Waals surface area contributed by atoms with Gasteiger partial charge in [-0.2, -0.15) is 0 Å². The van der Waals surface area contributed by atoms with E-state index in [2.05, 4.69) is 9.80 Å². The van der Waals surface area contributed by atoms with Crippen LogP contribution in [0.25, 0.3) is 0 Å². The number of hydrogen-bond donors (Lipinski definition) is 1. The summed E-state index contributed by atoms with van der Waals surface area (Å²) in [5.41, 5.74) is 0. The van der Waals surface area contributed by atoms with E-state index in [1.54, 1.807) is 7.11 Å². The minimum Gasteiger partial charge on any atom is -0.497 e. The van der Waals surface area contributed by atoms with E-state index in [4.69, 9.17) is 14.6 Å². The number of carboxylic acid groups (broad SMARTS) is 1. The SMILES string of the molecule is COc1cccc(OCCN2CCN(CCCC(=O)O)CC2)c1. The molecule has 2 rings (SSSR count). The summed E-state index contributed by atoms with van der Waals surface area (Å²) in [5, 5.41) is 8.66. The molecule has 1 aliphatic rings. The molecule has 23 heavy (non-hydrogen) atoms. The monoisotopic (exact) mass is 322 g/mol. The Hall–Kier alpha value is -1.79. The number of benzene rings is 1. The fourth-order valence-electron chi connectivity index (χ4n) is 2.67. The smallest absolute Gasteiger partial charge is 0.303 e. The first-order chi connectivity index (χ1) is 11.2. The van der Waals surface area contributed by atoms with Gasteiger partial charge in [-0.25, -0.2) is 0 Å². The topological polar surface area (TPSA) is 62.2 Å². The van der Waals surface area contributed by atoms with E-state index in [9.17, 15) is 4.79 Å². The van der Waals surface area contributed by atoms with Gasteiger partial charge in [0.25, 0.3) is 0 Å². The summed E-state index contributed by atoms with van der Waals surface area (Å²) in [6, 6.07) is 7.64. The van der Waals surface area contributed by atoms with Crippen LogP contribution in [-0.2, 0) is 4.79 Å². The maximum atomic E-state index is 10.5. The second-order valence-electron chi connectivity index (χ2n) is 5.71. The Morgan fingerprint density at radius 2 is 1.78 bits per heavy atom. The summed E-state index contributed by atoms with van der Waals surface area (Å²) < 4.78 is 10.9. The van der Waals surface area contributed by atoms with Crippen LogP contribution in [0.2, 0.25) is 0 Å². The highest BCUT2D eigenvalue weighted by atomic mass is 16.5.